The van der Waals surface area contributed by atoms with Crippen LogP contribution in [-0.4, -0.2) is 54.7 Å². The molecule has 33 heavy (non-hydrogen) atoms. The second-order valence-corrected chi connectivity index (χ2v) is 10.1. The Bertz CT molecular complexity index is 1200. The topological polar surface area (TPSA) is 122 Å². The van der Waals surface area contributed by atoms with Gasteiger partial charge in [0.15, 0.2) is 16.4 Å². The molecule has 174 valence electrons. The first-order valence-corrected chi connectivity index (χ1v) is 12.4. The molecule has 1 aromatic carbocycles. The van der Waals surface area contributed by atoms with Crippen molar-refractivity contribution in [2.24, 2.45) is 0 Å². The maximum Gasteiger partial charge on any atom is 0.331 e. The molecule has 2 heterocycles. The Hall–Kier alpha value is -3.16. The van der Waals surface area contributed by atoms with Gasteiger partial charge in [0, 0.05) is 23.9 Å². The molecule has 0 saturated carbocycles. The number of para-hydroxylation sites is 1. The van der Waals surface area contributed by atoms with Gasteiger partial charge in [0.1, 0.15) is 5.15 Å². The summed E-state index contributed by atoms with van der Waals surface area (Å²) in [5, 5.41) is 13.4. The molecule has 1 saturated heterocycles. The van der Waals surface area contributed by atoms with Gasteiger partial charge in [0.05, 0.1) is 35.7 Å². The van der Waals surface area contributed by atoms with E-state index in [0.29, 0.717) is 23.4 Å². The van der Waals surface area contributed by atoms with E-state index in [2.05, 4.69) is 5.10 Å². The molecule has 1 amide bonds. The molecule has 2 aromatic rings. The highest BCUT2D eigenvalue weighted by molar-refractivity contribution is 7.91. The summed E-state index contributed by atoms with van der Waals surface area (Å²) in [6.45, 7) is 1.39. The van der Waals surface area contributed by atoms with Gasteiger partial charge in [0.25, 0.3) is 5.91 Å². The minimum atomic E-state index is -3.10. The molecule has 1 aliphatic rings. The van der Waals surface area contributed by atoms with Gasteiger partial charge in [-0.25, -0.2) is 17.9 Å². The van der Waals surface area contributed by atoms with Crippen LogP contribution in [0, 0.1) is 18.3 Å². The van der Waals surface area contributed by atoms with Gasteiger partial charge in [-0.1, -0.05) is 29.8 Å². The van der Waals surface area contributed by atoms with Crippen LogP contribution in [0.15, 0.2) is 36.4 Å². The van der Waals surface area contributed by atoms with Gasteiger partial charge in [-0.15, -0.1) is 0 Å². The third-order valence-electron chi connectivity index (χ3n) is 5.17. The number of esters is 1. The summed E-state index contributed by atoms with van der Waals surface area (Å²) in [5.74, 6) is -1.14. The van der Waals surface area contributed by atoms with E-state index in [1.165, 1.54) is 15.7 Å². The van der Waals surface area contributed by atoms with Crippen molar-refractivity contribution in [3.63, 3.8) is 0 Å². The number of nitrogens with zero attached hydrogens (tertiary/aromatic N) is 4. The number of aryl methyl sites for hydroxylation is 1. The summed E-state index contributed by atoms with van der Waals surface area (Å²) in [4.78, 5) is 26.1. The highest BCUT2D eigenvalue weighted by atomic mass is 35.5. The molecule has 1 unspecified atom stereocenters. The Morgan fingerprint density at radius 2 is 2.09 bits per heavy atom. The van der Waals surface area contributed by atoms with E-state index in [9.17, 15) is 18.0 Å². The Morgan fingerprint density at radius 1 is 1.36 bits per heavy atom. The van der Waals surface area contributed by atoms with E-state index < -0.39 is 28.3 Å². The average molecular weight is 491 g/mol. The molecular formula is C22H23ClN4O5S. The SMILES string of the molecule is Cc1nn(C2CCS(=O)(=O)C2)c(Cl)c1C=CC(=O)OCC(=O)N(CCC#N)c1ccccc1. The second-order valence-electron chi connectivity index (χ2n) is 7.52. The third-order valence-corrected chi connectivity index (χ3v) is 7.29. The van der Waals surface area contributed by atoms with Crippen molar-refractivity contribution in [1.29, 1.82) is 5.26 Å². The van der Waals surface area contributed by atoms with Crippen molar-refractivity contribution < 1.29 is 22.7 Å². The van der Waals surface area contributed by atoms with Crippen molar-refractivity contribution in [3.05, 3.63) is 52.8 Å². The molecule has 0 bridgehead atoms. The number of amides is 1. The summed E-state index contributed by atoms with van der Waals surface area (Å²) in [7, 11) is -3.10. The normalized spacial score (nSPS) is 17.1. The molecule has 9 nitrogen and oxygen atoms in total. The van der Waals surface area contributed by atoms with Crippen molar-refractivity contribution in [1.82, 2.24) is 9.78 Å². The van der Waals surface area contributed by atoms with E-state index in [-0.39, 0.29) is 35.7 Å². The summed E-state index contributed by atoms with van der Waals surface area (Å²) < 4.78 is 30.0. The van der Waals surface area contributed by atoms with Crippen LogP contribution in [0.25, 0.3) is 6.08 Å². The van der Waals surface area contributed by atoms with E-state index >= 15 is 0 Å². The lowest BCUT2D eigenvalue weighted by Crippen LogP contribution is -2.35. The molecule has 1 fully saturated rings. The maximum atomic E-state index is 12.6. The van der Waals surface area contributed by atoms with Gasteiger partial charge in [-0.05, 0) is 31.6 Å². The molecule has 0 radical (unpaired) electrons. The lowest BCUT2D eigenvalue weighted by molar-refractivity contribution is -0.142. The first-order valence-electron chi connectivity index (χ1n) is 10.2. The quantitative estimate of drug-likeness (QED) is 0.411. The van der Waals surface area contributed by atoms with Crippen LogP contribution >= 0.6 is 11.6 Å². The summed E-state index contributed by atoms with van der Waals surface area (Å²) in [6, 6.07) is 10.5. The Morgan fingerprint density at radius 3 is 2.73 bits per heavy atom. The van der Waals surface area contributed by atoms with Gasteiger partial charge in [-0.2, -0.15) is 10.4 Å². The van der Waals surface area contributed by atoms with Crippen molar-refractivity contribution in [3.8, 4) is 6.07 Å². The standard InChI is InChI=1S/C22H23ClN4O5S/c1-16-19(22(23)27(25-16)18-10-13-33(30,31)15-18)8-9-21(29)32-14-20(28)26(12-5-11-24)17-6-3-2-4-7-17/h2-4,6-9,18H,5,10,12-15H2,1H3. The van der Waals surface area contributed by atoms with Crippen LogP contribution in [0.1, 0.15) is 30.1 Å². The highest BCUT2D eigenvalue weighted by Gasteiger charge is 2.31. The molecular weight excluding hydrogens is 468 g/mol. The molecule has 1 atom stereocenters. The number of ether oxygens (including phenoxy) is 1. The summed E-state index contributed by atoms with van der Waals surface area (Å²) in [6.07, 6.45) is 3.14. The number of benzene rings is 1. The van der Waals surface area contributed by atoms with Crippen LogP contribution in [0.5, 0.6) is 0 Å². The van der Waals surface area contributed by atoms with Crippen molar-refractivity contribution in [2.45, 2.75) is 25.8 Å². The molecule has 11 heteroatoms. The van der Waals surface area contributed by atoms with Crippen molar-refractivity contribution in [2.75, 3.05) is 29.6 Å². The molecule has 0 N–H and O–H groups in total. The van der Waals surface area contributed by atoms with E-state index in [1.54, 1.807) is 31.2 Å². The van der Waals surface area contributed by atoms with Gasteiger partial charge < -0.3 is 9.64 Å². The number of rotatable bonds is 8. The fourth-order valence-electron chi connectivity index (χ4n) is 3.51. The van der Waals surface area contributed by atoms with Crippen molar-refractivity contribution >= 4 is 45.1 Å². The number of nitriles is 1. The molecule has 0 spiro atoms. The Balaban J connectivity index is 1.63. The summed E-state index contributed by atoms with van der Waals surface area (Å²) in [5.41, 5.74) is 1.62. The third kappa shape index (κ3) is 6.21. The summed E-state index contributed by atoms with van der Waals surface area (Å²) >= 11 is 6.39. The number of sulfone groups is 1. The Labute approximate surface area is 197 Å². The number of hydrogen-bond acceptors (Lipinski definition) is 7. The average Bonchev–Trinajstić information content (AvgIpc) is 3.29. The zero-order valence-electron chi connectivity index (χ0n) is 18.0. The van der Waals surface area contributed by atoms with E-state index in [0.717, 1.165) is 6.08 Å². The zero-order valence-corrected chi connectivity index (χ0v) is 19.6. The van der Waals surface area contributed by atoms with Crippen LogP contribution in [0.4, 0.5) is 5.69 Å². The number of aromatic nitrogens is 2. The number of carbonyl (C=O) groups is 2. The van der Waals surface area contributed by atoms with Gasteiger partial charge in [-0.3, -0.25) is 4.79 Å². The fourth-order valence-corrected chi connectivity index (χ4v) is 5.58. The van der Waals surface area contributed by atoms with Crippen LogP contribution < -0.4 is 4.90 Å². The first-order chi connectivity index (χ1) is 15.7. The number of halogens is 1. The van der Waals surface area contributed by atoms with Gasteiger partial charge >= 0.3 is 5.97 Å². The molecule has 3 rings (SSSR count). The second kappa shape index (κ2) is 10.6. The smallest absolute Gasteiger partial charge is 0.331 e. The highest BCUT2D eigenvalue weighted by Crippen LogP contribution is 2.30. The molecule has 0 aliphatic carbocycles. The fraction of sp³-hybridized carbons (Fsp3) is 0.364. The predicted molar refractivity (Wildman–Crippen MR) is 123 cm³/mol. The molecule has 1 aromatic heterocycles. The van der Waals surface area contributed by atoms with Crippen LogP contribution in [0.2, 0.25) is 5.15 Å². The molecule has 1 aliphatic heterocycles. The number of anilines is 1. The maximum absolute atomic E-state index is 12.6. The number of carbonyl (C=O) groups excluding carboxylic acids is 2. The minimum absolute atomic E-state index is 0.0230. The first kappa shape index (κ1) is 24.5. The zero-order chi connectivity index (χ0) is 24.0. The van der Waals surface area contributed by atoms with Gasteiger partial charge in [0.2, 0.25) is 0 Å². The Kier molecular flexibility index (Phi) is 7.89. The predicted octanol–water partition coefficient (Wildman–Crippen LogP) is 2.71. The van der Waals surface area contributed by atoms with E-state index in [1.807, 2.05) is 12.1 Å². The largest absolute Gasteiger partial charge is 0.452 e. The minimum Gasteiger partial charge on any atom is -0.452 e. The lowest BCUT2D eigenvalue weighted by Gasteiger charge is -2.21. The van der Waals surface area contributed by atoms with Crippen LogP contribution in [-0.2, 0) is 24.2 Å². The monoisotopic (exact) mass is 490 g/mol. The van der Waals surface area contributed by atoms with Crippen LogP contribution in [0.3, 0.4) is 0 Å². The lowest BCUT2D eigenvalue weighted by atomic mass is 10.2. The van der Waals surface area contributed by atoms with E-state index in [4.69, 9.17) is 21.6 Å². The number of hydrogen-bond donors (Lipinski definition) is 0.